The van der Waals surface area contributed by atoms with E-state index >= 15 is 0 Å². The van der Waals surface area contributed by atoms with Crippen LogP contribution in [0.2, 0.25) is 0 Å². The number of ether oxygens (including phenoxy) is 1. The predicted molar refractivity (Wildman–Crippen MR) is 154 cm³/mol. The Morgan fingerprint density at radius 3 is 2.05 bits per heavy atom. The summed E-state index contributed by atoms with van der Waals surface area (Å²) >= 11 is 0. The van der Waals surface area contributed by atoms with Crippen molar-refractivity contribution in [2.24, 2.45) is 7.05 Å². The molecule has 0 atom stereocenters. The molecule has 0 aliphatic heterocycles. The Bertz CT molecular complexity index is 1610. The molecule has 2 aromatic heterocycles. The van der Waals surface area contributed by atoms with Gasteiger partial charge in [0.2, 0.25) is 0 Å². The van der Waals surface area contributed by atoms with E-state index in [1.54, 1.807) is 24.9 Å². The molecule has 9 heteroatoms. The van der Waals surface area contributed by atoms with E-state index in [2.05, 4.69) is 37.9 Å². The SMILES string of the molecule is COc1cccc(-c2cc(C(=O)Nc3ccc(Nc4cc(Nc5ccc(C)cc5)nc(C)n4)cc3)n(C)n2)c1. The van der Waals surface area contributed by atoms with Gasteiger partial charge < -0.3 is 20.7 Å². The summed E-state index contributed by atoms with van der Waals surface area (Å²) in [5, 5.41) is 14.1. The first-order valence-corrected chi connectivity index (χ1v) is 12.4. The highest BCUT2D eigenvalue weighted by Gasteiger charge is 2.15. The van der Waals surface area contributed by atoms with Crippen LogP contribution in [0.5, 0.6) is 5.75 Å². The Morgan fingerprint density at radius 1 is 0.795 bits per heavy atom. The molecule has 3 aromatic carbocycles. The molecule has 0 bridgehead atoms. The summed E-state index contributed by atoms with van der Waals surface area (Å²) in [6.45, 7) is 3.90. The van der Waals surface area contributed by atoms with Gasteiger partial charge in [-0.3, -0.25) is 9.48 Å². The zero-order chi connectivity index (χ0) is 27.4. The van der Waals surface area contributed by atoms with Crippen molar-refractivity contribution in [3.05, 3.63) is 102 Å². The van der Waals surface area contributed by atoms with Crippen molar-refractivity contribution in [2.45, 2.75) is 13.8 Å². The Labute approximate surface area is 226 Å². The predicted octanol–water partition coefficient (Wildman–Crippen LogP) is 6.24. The van der Waals surface area contributed by atoms with Gasteiger partial charge in [0.1, 0.15) is 28.9 Å². The average molecular weight is 520 g/mol. The minimum atomic E-state index is -0.252. The molecule has 3 N–H and O–H groups in total. The Hall–Kier alpha value is -5.18. The second-order valence-electron chi connectivity index (χ2n) is 9.10. The fourth-order valence-electron chi connectivity index (χ4n) is 4.06. The number of rotatable bonds is 8. The summed E-state index contributed by atoms with van der Waals surface area (Å²) < 4.78 is 6.87. The summed E-state index contributed by atoms with van der Waals surface area (Å²) in [6.07, 6.45) is 0. The topological polar surface area (TPSA) is 106 Å². The molecule has 0 aliphatic rings. The van der Waals surface area contributed by atoms with Gasteiger partial charge in [-0.2, -0.15) is 5.10 Å². The largest absolute Gasteiger partial charge is 0.497 e. The lowest BCUT2D eigenvalue weighted by Gasteiger charge is -2.11. The minimum absolute atomic E-state index is 0.252. The number of nitrogens with one attached hydrogen (secondary N) is 3. The van der Waals surface area contributed by atoms with Crippen molar-refractivity contribution in [1.29, 1.82) is 0 Å². The number of nitrogens with zero attached hydrogens (tertiary/aromatic N) is 4. The van der Waals surface area contributed by atoms with E-state index in [9.17, 15) is 4.79 Å². The molecule has 5 aromatic rings. The number of aryl methyl sites for hydroxylation is 3. The molecule has 0 aliphatic carbocycles. The summed E-state index contributed by atoms with van der Waals surface area (Å²) in [7, 11) is 3.37. The number of anilines is 5. The lowest BCUT2D eigenvalue weighted by Crippen LogP contribution is -2.16. The molecule has 9 nitrogen and oxygen atoms in total. The fraction of sp³-hybridized carbons (Fsp3) is 0.133. The Morgan fingerprint density at radius 2 is 1.41 bits per heavy atom. The molecule has 196 valence electrons. The highest BCUT2D eigenvalue weighted by atomic mass is 16.5. The van der Waals surface area contributed by atoms with Gasteiger partial charge in [-0.15, -0.1) is 0 Å². The van der Waals surface area contributed by atoms with Gasteiger partial charge in [-0.25, -0.2) is 9.97 Å². The molecule has 0 fully saturated rings. The van der Waals surface area contributed by atoms with Crippen molar-refractivity contribution >= 4 is 34.6 Å². The van der Waals surface area contributed by atoms with Gasteiger partial charge in [-0.1, -0.05) is 29.8 Å². The Kier molecular flexibility index (Phi) is 7.22. The fourth-order valence-corrected chi connectivity index (χ4v) is 4.06. The van der Waals surface area contributed by atoms with Gasteiger partial charge in [0.05, 0.1) is 12.8 Å². The highest BCUT2D eigenvalue weighted by molar-refractivity contribution is 6.03. The summed E-state index contributed by atoms with van der Waals surface area (Å²) in [6, 6.07) is 26.7. The monoisotopic (exact) mass is 519 g/mol. The minimum Gasteiger partial charge on any atom is -0.497 e. The maximum absolute atomic E-state index is 13.0. The molecular weight excluding hydrogens is 490 g/mol. The lowest BCUT2D eigenvalue weighted by atomic mass is 10.1. The average Bonchev–Trinajstić information content (AvgIpc) is 3.32. The van der Waals surface area contributed by atoms with Gasteiger partial charge >= 0.3 is 0 Å². The van der Waals surface area contributed by atoms with Crippen LogP contribution >= 0.6 is 0 Å². The van der Waals surface area contributed by atoms with Crippen LogP contribution in [0.15, 0.2) is 84.9 Å². The molecule has 5 rings (SSSR count). The van der Waals surface area contributed by atoms with Crippen molar-refractivity contribution in [2.75, 3.05) is 23.1 Å². The van der Waals surface area contributed by atoms with Crippen molar-refractivity contribution in [3.8, 4) is 17.0 Å². The maximum atomic E-state index is 13.0. The van der Waals surface area contributed by atoms with Crippen molar-refractivity contribution < 1.29 is 9.53 Å². The number of amides is 1. The van der Waals surface area contributed by atoms with E-state index in [1.807, 2.05) is 85.8 Å². The molecule has 1 amide bonds. The van der Waals surface area contributed by atoms with Crippen LogP contribution in [0, 0.1) is 13.8 Å². The highest BCUT2D eigenvalue weighted by Crippen LogP contribution is 2.25. The first kappa shape index (κ1) is 25.5. The maximum Gasteiger partial charge on any atom is 0.273 e. The summed E-state index contributed by atoms with van der Waals surface area (Å²) in [4.78, 5) is 22.0. The molecule has 0 saturated heterocycles. The number of aromatic nitrogens is 4. The van der Waals surface area contributed by atoms with E-state index < -0.39 is 0 Å². The number of hydrogen-bond acceptors (Lipinski definition) is 7. The lowest BCUT2D eigenvalue weighted by molar-refractivity contribution is 0.101. The van der Waals surface area contributed by atoms with Gasteiger partial charge in [-0.05, 0) is 68.4 Å². The molecule has 0 spiro atoms. The van der Waals surface area contributed by atoms with E-state index in [0.29, 0.717) is 34.5 Å². The van der Waals surface area contributed by atoms with Gasteiger partial charge in [0, 0.05) is 35.7 Å². The molecular formula is C30H29N7O2. The van der Waals surface area contributed by atoms with Crippen LogP contribution in [-0.4, -0.2) is 32.8 Å². The third-order valence-electron chi connectivity index (χ3n) is 6.06. The summed E-state index contributed by atoms with van der Waals surface area (Å²) in [5.74, 6) is 2.48. The van der Waals surface area contributed by atoms with Crippen molar-refractivity contribution in [3.63, 3.8) is 0 Å². The van der Waals surface area contributed by atoms with Crippen LogP contribution in [0.1, 0.15) is 21.9 Å². The van der Waals surface area contributed by atoms with Crippen LogP contribution in [-0.2, 0) is 7.05 Å². The van der Waals surface area contributed by atoms with Crippen molar-refractivity contribution in [1.82, 2.24) is 19.7 Å². The van der Waals surface area contributed by atoms with E-state index in [-0.39, 0.29) is 5.91 Å². The molecule has 0 unspecified atom stereocenters. The smallest absolute Gasteiger partial charge is 0.273 e. The number of methoxy groups -OCH3 is 1. The summed E-state index contributed by atoms with van der Waals surface area (Å²) in [5.41, 5.74) is 5.64. The molecule has 0 saturated carbocycles. The van der Waals surface area contributed by atoms with Crippen LogP contribution in [0.25, 0.3) is 11.3 Å². The number of carbonyl (C=O) groups excluding carboxylic acids is 1. The first-order valence-electron chi connectivity index (χ1n) is 12.4. The second-order valence-corrected chi connectivity index (χ2v) is 9.10. The third kappa shape index (κ3) is 6.22. The van der Waals surface area contributed by atoms with Crippen LogP contribution in [0.3, 0.4) is 0 Å². The third-order valence-corrected chi connectivity index (χ3v) is 6.06. The van der Waals surface area contributed by atoms with E-state index in [4.69, 9.17) is 4.74 Å². The van der Waals surface area contributed by atoms with E-state index in [0.717, 1.165) is 22.7 Å². The standard InChI is InChI=1S/C30H29N7O2/c1-19-8-10-22(11-9-19)33-28-18-29(32-20(2)31-28)34-23-12-14-24(15-13-23)35-30(38)27-17-26(36-37(27)3)21-6-5-7-25(16-21)39-4/h5-18H,1-4H3,(H,35,38)(H2,31,32,33,34). The second kappa shape index (κ2) is 11.1. The number of benzene rings is 3. The molecule has 2 heterocycles. The number of hydrogen-bond donors (Lipinski definition) is 3. The van der Waals surface area contributed by atoms with E-state index in [1.165, 1.54) is 5.56 Å². The van der Waals surface area contributed by atoms with Crippen LogP contribution < -0.4 is 20.7 Å². The Balaban J connectivity index is 1.25. The van der Waals surface area contributed by atoms with Gasteiger partial charge in [0.15, 0.2) is 0 Å². The number of carbonyl (C=O) groups is 1. The van der Waals surface area contributed by atoms with Crippen LogP contribution in [0.4, 0.5) is 28.7 Å². The normalized spacial score (nSPS) is 10.7. The zero-order valence-electron chi connectivity index (χ0n) is 22.2. The zero-order valence-corrected chi connectivity index (χ0v) is 22.2. The quantitative estimate of drug-likeness (QED) is 0.223. The molecule has 0 radical (unpaired) electrons. The van der Waals surface area contributed by atoms with Gasteiger partial charge in [0.25, 0.3) is 5.91 Å². The first-order chi connectivity index (χ1) is 18.9. The molecule has 39 heavy (non-hydrogen) atoms.